The van der Waals surface area contributed by atoms with E-state index in [0.29, 0.717) is 0 Å². The molecule has 0 saturated carbocycles. The van der Waals surface area contributed by atoms with Crippen LogP contribution in [0.4, 0.5) is 0 Å². The molecule has 54 valence electrons. The first-order valence-electron chi connectivity index (χ1n) is 3.59. The minimum absolute atomic E-state index is 0.948. The average molecular weight is 143 g/mol. The number of benzene rings is 1. The van der Waals surface area contributed by atoms with Gasteiger partial charge >= 0.3 is 0 Å². The van der Waals surface area contributed by atoms with Crippen LogP contribution >= 0.6 is 0 Å². The molecule has 0 fully saturated rings. The molecule has 0 bridgehead atoms. The Bertz CT molecular complexity index is 401. The molecule has 1 aromatic rings. The Hall–Kier alpha value is -1.50. The quantitative estimate of drug-likeness (QED) is 0.551. The van der Waals surface area contributed by atoms with Crippen LogP contribution in [0.25, 0.3) is 12.3 Å². The standard InChI is InChI=1S/C10H9N/c1-8-6-9-4-2-3-5-10(9)7-11-8/h2-7,11H,1H2. The minimum atomic E-state index is 0.948. The smallest absolute Gasteiger partial charge is 0.0313 e. The Morgan fingerprint density at radius 3 is 2.64 bits per heavy atom. The van der Waals surface area contributed by atoms with E-state index in [0.717, 1.165) is 5.70 Å². The Morgan fingerprint density at radius 2 is 1.82 bits per heavy atom. The first-order valence-corrected chi connectivity index (χ1v) is 3.59. The highest BCUT2D eigenvalue weighted by Gasteiger charge is 1.91. The van der Waals surface area contributed by atoms with Crippen molar-refractivity contribution < 1.29 is 0 Å². The fourth-order valence-electron chi connectivity index (χ4n) is 1.17. The van der Waals surface area contributed by atoms with Gasteiger partial charge in [0.05, 0.1) is 0 Å². The maximum Gasteiger partial charge on any atom is 0.0313 e. The molecule has 0 spiro atoms. The summed E-state index contributed by atoms with van der Waals surface area (Å²) in [5, 5.41) is 5.52. The Labute approximate surface area is 65.4 Å². The van der Waals surface area contributed by atoms with E-state index < -0.39 is 0 Å². The second kappa shape index (κ2) is 2.27. The van der Waals surface area contributed by atoms with Gasteiger partial charge < -0.3 is 5.32 Å². The third-order valence-corrected chi connectivity index (χ3v) is 1.74. The second-order valence-electron chi connectivity index (χ2n) is 2.59. The van der Waals surface area contributed by atoms with Crippen LogP contribution in [0.3, 0.4) is 0 Å². The largest absolute Gasteiger partial charge is 0.362 e. The molecule has 0 saturated heterocycles. The first-order chi connectivity index (χ1) is 5.36. The van der Waals surface area contributed by atoms with Crippen LogP contribution in [0, 0.1) is 0 Å². The molecule has 1 heterocycles. The predicted molar refractivity (Wildman–Crippen MR) is 46.9 cm³/mol. The van der Waals surface area contributed by atoms with Crippen LogP contribution in [-0.4, -0.2) is 0 Å². The van der Waals surface area contributed by atoms with Gasteiger partial charge in [0, 0.05) is 11.9 Å². The predicted octanol–water partition coefficient (Wildman–Crippen LogP) is 0.322. The van der Waals surface area contributed by atoms with Crippen molar-refractivity contribution in [3.05, 3.63) is 47.0 Å². The van der Waals surface area contributed by atoms with Gasteiger partial charge in [-0.05, 0) is 16.5 Å². The van der Waals surface area contributed by atoms with Gasteiger partial charge in [-0.1, -0.05) is 30.8 Å². The number of hydrogen-bond acceptors (Lipinski definition) is 1. The van der Waals surface area contributed by atoms with E-state index in [4.69, 9.17) is 0 Å². The lowest BCUT2D eigenvalue weighted by Crippen LogP contribution is -2.31. The number of rotatable bonds is 0. The molecule has 0 aromatic heterocycles. The Kier molecular flexibility index (Phi) is 1.29. The van der Waals surface area contributed by atoms with Crippen molar-refractivity contribution in [2.24, 2.45) is 0 Å². The summed E-state index contributed by atoms with van der Waals surface area (Å²) in [5.74, 6) is 0. The highest BCUT2D eigenvalue weighted by Crippen LogP contribution is 1.87. The zero-order valence-electron chi connectivity index (χ0n) is 6.17. The molecular weight excluding hydrogens is 134 g/mol. The molecule has 0 radical (unpaired) electrons. The molecule has 0 atom stereocenters. The molecule has 2 rings (SSSR count). The molecule has 1 aliphatic rings. The van der Waals surface area contributed by atoms with E-state index in [1.807, 2.05) is 24.4 Å². The lowest BCUT2D eigenvalue weighted by molar-refractivity contribution is 1.18. The van der Waals surface area contributed by atoms with E-state index in [9.17, 15) is 0 Å². The van der Waals surface area contributed by atoms with Gasteiger partial charge in [0.15, 0.2) is 0 Å². The molecule has 11 heavy (non-hydrogen) atoms. The minimum Gasteiger partial charge on any atom is -0.362 e. The molecule has 0 unspecified atom stereocenters. The summed E-state index contributed by atoms with van der Waals surface area (Å²) < 4.78 is 0. The number of fused-ring (bicyclic) bond motifs is 1. The number of nitrogens with one attached hydrogen (secondary N) is 1. The Balaban J connectivity index is 2.83. The van der Waals surface area contributed by atoms with Crippen molar-refractivity contribution in [3.8, 4) is 0 Å². The van der Waals surface area contributed by atoms with Gasteiger partial charge in [-0.3, -0.25) is 0 Å². The van der Waals surface area contributed by atoms with Gasteiger partial charge in [-0.25, -0.2) is 0 Å². The second-order valence-corrected chi connectivity index (χ2v) is 2.59. The summed E-state index contributed by atoms with van der Waals surface area (Å²) in [6.45, 7) is 3.82. The van der Waals surface area contributed by atoms with Crippen molar-refractivity contribution >= 4 is 12.3 Å². The summed E-state index contributed by atoms with van der Waals surface area (Å²) in [4.78, 5) is 0. The monoisotopic (exact) mass is 143 g/mol. The van der Waals surface area contributed by atoms with Gasteiger partial charge in [0.2, 0.25) is 0 Å². The maximum atomic E-state index is 3.82. The van der Waals surface area contributed by atoms with Gasteiger partial charge in [-0.2, -0.15) is 0 Å². The summed E-state index contributed by atoms with van der Waals surface area (Å²) in [6.07, 6.45) is 4.01. The van der Waals surface area contributed by atoms with Crippen molar-refractivity contribution in [3.63, 3.8) is 0 Å². The lowest BCUT2D eigenvalue weighted by atomic mass is 10.2. The summed E-state index contributed by atoms with van der Waals surface area (Å²) in [6, 6.07) is 8.21. The van der Waals surface area contributed by atoms with E-state index in [1.54, 1.807) is 0 Å². The maximum absolute atomic E-state index is 3.82. The summed E-state index contributed by atoms with van der Waals surface area (Å²) in [5.41, 5.74) is 0.948. The number of hydrogen-bond donors (Lipinski definition) is 1. The molecule has 1 aromatic carbocycles. The van der Waals surface area contributed by atoms with Gasteiger partial charge in [-0.15, -0.1) is 0 Å². The fourth-order valence-corrected chi connectivity index (χ4v) is 1.17. The van der Waals surface area contributed by atoms with E-state index in [1.165, 1.54) is 10.4 Å². The van der Waals surface area contributed by atoms with Gasteiger partial charge in [0.1, 0.15) is 0 Å². The van der Waals surface area contributed by atoms with Crippen LogP contribution < -0.4 is 15.8 Å². The average Bonchev–Trinajstić information content (AvgIpc) is 2.04. The lowest BCUT2D eigenvalue weighted by Gasteiger charge is -2.04. The van der Waals surface area contributed by atoms with Crippen molar-refractivity contribution in [1.29, 1.82) is 0 Å². The van der Waals surface area contributed by atoms with Crippen molar-refractivity contribution in [1.82, 2.24) is 5.32 Å². The van der Waals surface area contributed by atoms with Crippen LogP contribution in [0.1, 0.15) is 0 Å². The zero-order valence-corrected chi connectivity index (χ0v) is 6.17. The molecule has 0 amide bonds. The van der Waals surface area contributed by atoms with Crippen LogP contribution in [0.5, 0.6) is 0 Å². The number of allylic oxidation sites excluding steroid dienone is 1. The van der Waals surface area contributed by atoms with E-state index in [-0.39, 0.29) is 0 Å². The van der Waals surface area contributed by atoms with Crippen molar-refractivity contribution in [2.75, 3.05) is 0 Å². The third-order valence-electron chi connectivity index (χ3n) is 1.74. The van der Waals surface area contributed by atoms with Crippen LogP contribution in [0.15, 0.2) is 36.5 Å². The molecule has 1 aliphatic heterocycles. The zero-order chi connectivity index (χ0) is 7.68. The summed E-state index contributed by atoms with van der Waals surface area (Å²) >= 11 is 0. The van der Waals surface area contributed by atoms with Crippen LogP contribution in [-0.2, 0) is 0 Å². The fraction of sp³-hybridized carbons (Fsp3) is 0. The molecule has 0 aliphatic carbocycles. The van der Waals surface area contributed by atoms with E-state index >= 15 is 0 Å². The topological polar surface area (TPSA) is 12.0 Å². The van der Waals surface area contributed by atoms with E-state index in [2.05, 4.69) is 24.0 Å². The highest BCUT2D eigenvalue weighted by molar-refractivity contribution is 5.51. The Morgan fingerprint density at radius 1 is 1.09 bits per heavy atom. The normalized spacial score (nSPS) is 14.0. The summed E-state index contributed by atoms with van der Waals surface area (Å²) in [7, 11) is 0. The highest BCUT2D eigenvalue weighted by atomic mass is 14.8. The molecule has 1 N–H and O–H groups in total. The molecular formula is C10H9N. The van der Waals surface area contributed by atoms with Crippen molar-refractivity contribution in [2.45, 2.75) is 0 Å². The molecule has 1 heteroatoms. The van der Waals surface area contributed by atoms with Crippen LogP contribution in [0.2, 0.25) is 0 Å². The third kappa shape index (κ3) is 1.05. The van der Waals surface area contributed by atoms with Gasteiger partial charge in [0.25, 0.3) is 0 Å². The SMILES string of the molecule is C=C1C=c2ccccc2=CN1. The molecule has 1 nitrogen and oxygen atoms in total. The first kappa shape index (κ1) is 6.23.